The molecule has 0 aliphatic rings. The standard InChI is InChI=1S/C11H10BrN3OS/c1-7-13-5-8(17-7)6-14-11(16)9-3-2-4-10(12)15-9/h2-5H,6H2,1H3,(H,14,16). The van der Waals surface area contributed by atoms with Crippen LogP contribution in [0.4, 0.5) is 0 Å². The molecule has 0 aromatic carbocycles. The zero-order valence-corrected chi connectivity index (χ0v) is 11.5. The molecule has 0 aliphatic heterocycles. The molecule has 0 fully saturated rings. The fraction of sp³-hybridized carbons (Fsp3) is 0.182. The topological polar surface area (TPSA) is 54.9 Å². The van der Waals surface area contributed by atoms with Crippen molar-refractivity contribution in [2.75, 3.05) is 0 Å². The summed E-state index contributed by atoms with van der Waals surface area (Å²) < 4.78 is 0.652. The highest BCUT2D eigenvalue weighted by Crippen LogP contribution is 2.11. The third-order valence-electron chi connectivity index (χ3n) is 2.04. The van der Waals surface area contributed by atoms with E-state index < -0.39 is 0 Å². The summed E-state index contributed by atoms with van der Waals surface area (Å²) in [6.45, 7) is 2.42. The Hall–Kier alpha value is -1.27. The number of halogens is 1. The van der Waals surface area contributed by atoms with Gasteiger partial charge in [-0.25, -0.2) is 9.97 Å². The third kappa shape index (κ3) is 3.34. The highest BCUT2D eigenvalue weighted by Gasteiger charge is 2.07. The van der Waals surface area contributed by atoms with Gasteiger partial charge in [-0.1, -0.05) is 6.07 Å². The zero-order chi connectivity index (χ0) is 12.3. The summed E-state index contributed by atoms with van der Waals surface area (Å²) in [5, 5.41) is 3.80. The van der Waals surface area contributed by atoms with Gasteiger partial charge in [0.1, 0.15) is 10.3 Å². The lowest BCUT2D eigenvalue weighted by Crippen LogP contribution is -2.23. The third-order valence-corrected chi connectivity index (χ3v) is 3.39. The van der Waals surface area contributed by atoms with Crippen LogP contribution in [-0.2, 0) is 6.54 Å². The molecule has 88 valence electrons. The predicted octanol–water partition coefficient (Wildman–Crippen LogP) is 2.54. The number of pyridine rings is 1. The van der Waals surface area contributed by atoms with E-state index in [1.165, 1.54) is 0 Å². The molecule has 0 radical (unpaired) electrons. The van der Waals surface area contributed by atoms with Gasteiger partial charge in [0.15, 0.2) is 0 Å². The second kappa shape index (κ2) is 5.37. The van der Waals surface area contributed by atoms with E-state index in [1.807, 2.05) is 6.92 Å². The van der Waals surface area contributed by atoms with Crippen molar-refractivity contribution in [3.8, 4) is 0 Å². The number of aromatic nitrogens is 2. The molecule has 1 N–H and O–H groups in total. The Morgan fingerprint density at radius 3 is 3.00 bits per heavy atom. The fourth-order valence-corrected chi connectivity index (χ4v) is 2.36. The molecule has 0 aliphatic carbocycles. The van der Waals surface area contributed by atoms with Crippen LogP contribution in [0.3, 0.4) is 0 Å². The summed E-state index contributed by atoms with van der Waals surface area (Å²) in [6, 6.07) is 5.24. The van der Waals surface area contributed by atoms with E-state index in [4.69, 9.17) is 0 Å². The molecule has 4 nitrogen and oxygen atoms in total. The van der Waals surface area contributed by atoms with Crippen LogP contribution in [0.25, 0.3) is 0 Å². The zero-order valence-electron chi connectivity index (χ0n) is 9.11. The smallest absolute Gasteiger partial charge is 0.270 e. The van der Waals surface area contributed by atoms with Gasteiger partial charge in [0.05, 0.1) is 11.6 Å². The van der Waals surface area contributed by atoms with Crippen molar-refractivity contribution in [1.82, 2.24) is 15.3 Å². The van der Waals surface area contributed by atoms with Gasteiger partial charge < -0.3 is 5.32 Å². The van der Waals surface area contributed by atoms with Crippen LogP contribution in [0.1, 0.15) is 20.4 Å². The molecule has 0 bridgehead atoms. The van der Waals surface area contributed by atoms with Crippen molar-refractivity contribution in [1.29, 1.82) is 0 Å². The number of nitrogens with one attached hydrogen (secondary N) is 1. The van der Waals surface area contributed by atoms with Crippen molar-refractivity contribution in [2.24, 2.45) is 0 Å². The van der Waals surface area contributed by atoms with Crippen LogP contribution in [-0.4, -0.2) is 15.9 Å². The van der Waals surface area contributed by atoms with Crippen LogP contribution in [0.2, 0.25) is 0 Å². The molecule has 2 rings (SSSR count). The molecule has 0 spiro atoms. The van der Waals surface area contributed by atoms with E-state index in [1.54, 1.807) is 35.7 Å². The molecule has 0 saturated heterocycles. The molecule has 17 heavy (non-hydrogen) atoms. The van der Waals surface area contributed by atoms with E-state index >= 15 is 0 Å². The van der Waals surface area contributed by atoms with Crippen molar-refractivity contribution in [3.05, 3.63) is 44.6 Å². The van der Waals surface area contributed by atoms with Crippen LogP contribution < -0.4 is 5.32 Å². The second-order valence-electron chi connectivity index (χ2n) is 3.37. The fourth-order valence-electron chi connectivity index (χ4n) is 1.28. The van der Waals surface area contributed by atoms with Gasteiger partial charge in [-0.3, -0.25) is 4.79 Å². The quantitative estimate of drug-likeness (QED) is 0.886. The maximum Gasteiger partial charge on any atom is 0.270 e. The lowest BCUT2D eigenvalue weighted by molar-refractivity contribution is 0.0946. The van der Waals surface area contributed by atoms with Crippen molar-refractivity contribution in [2.45, 2.75) is 13.5 Å². The molecule has 2 aromatic heterocycles. The highest BCUT2D eigenvalue weighted by atomic mass is 79.9. The summed E-state index contributed by atoms with van der Waals surface area (Å²) in [5.74, 6) is -0.183. The molecule has 1 amide bonds. The minimum Gasteiger partial charge on any atom is -0.346 e. The molecule has 0 atom stereocenters. The van der Waals surface area contributed by atoms with Crippen molar-refractivity contribution in [3.63, 3.8) is 0 Å². The van der Waals surface area contributed by atoms with E-state index in [0.29, 0.717) is 16.8 Å². The minimum absolute atomic E-state index is 0.183. The summed E-state index contributed by atoms with van der Waals surface area (Å²) >= 11 is 4.80. The van der Waals surface area contributed by atoms with Crippen molar-refractivity contribution >= 4 is 33.2 Å². The lowest BCUT2D eigenvalue weighted by atomic mass is 10.3. The number of aryl methyl sites for hydroxylation is 1. The van der Waals surface area contributed by atoms with Crippen LogP contribution in [0.15, 0.2) is 29.0 Å². The number of hydrogen-bond donors (Lipinski definition) is 1. The number of hydrogen-bond acceptors (Lipinski definition) is 4. The van der Waals surface area contributed by atoms with Crippen LogP contribution in [0, 0.1) is 6.92 Å². The summed E-state index contributed by atoms with van der Waals surface area (Å²) in [7, 11) is 0. The number of rotatable bonds is 3. The Morgan fingerprint density at radius 2 is 2.35 bits per heavy atom. The number of thiazole rings is 1. The summed E-state index contributed by atoms with van der Waals surface area (Å²) in [6.07, 6.45) is 1.77. The first-order valence-electron chi connectivity index (χ1n) is 4.97. The first kappa shape index (κ1) is 12.2. The van der Waals surface area contributed by atoms with Crippen LogP contribution >= 0.6 is 27.3 Å². The van der Waals surface area contributed by atoms with Gasteiger partial charge in [0.25, 0.3) is 5.91 Å². The summed E-state index contributed by atoms with van der Waals surface area (Å²) in [4.78, 5) is 21.0. The van der Waals surface area contributed by atoms with Gasteiger partial charge in [-0.05, 0) is 35.0 Å². The van der Waals surface area contributed by atoms with Gasteiger partial charge in [-0.15, -0.1) is 11.3 Å². The van der Waals surface area contributed by atoms with Gasteiger partial charge in [0.2, 0.25) is 0 Å². The SMILES string of the molecule is Cc1ncc(CNC(=O)c2cccc(Br)n2)s1. The number of nitrogens with zero attached hydrogens (tertiary/aromatic N) is 2. The Bertz CT molecular complexity index is 541. The summed E-state index contributed by atoms with van der Waals surface area (Å²) in [5.41, 5.74) is 0.403. The second-order valence-corrected chi connectivity index (χ2v) is 5.51. The van der Waals surface area contributed by atoms with Gasteiger partial charge in [-0.2, -0.15) is 0 Å². The maximum atomic E-state index is 11.8. The Kier molecular flexibility index (Phi) is 3.86. The molecule has 2 aromatic rings. The molecule has 6 heteroatoms. The molecule has 0 unspecified atom stereocenters. The Labute approximate surface area is 111 Å². The average molecular weight is 312 g/mol. The maximum absolute atomic E-state index is 11.8. The number of carbonyl (C=O) groups excluding carboxylic acids is 1. The Morgan fingerprint density at radius 1 is 1.53 bits per heavy atom. The Balaban J connectivity index is 1.98. The predicted molar refractivity (Wildman–Crippen MR) is 70.0 cm³/mol. The van der Waals surface area contributed by atoms with Gasteiger partial charge in [0, 0.05) is 11.1 Å². The number of carbonyl (C=O) groups is 1. The van der Waals surface area contributed by atoms with E-state index in [2.05, 4.69) is 31.2 Å². The van der Waals surface area contributed by atoms with Gasteiger partial charge >= 0.3 is 0 Å². The normalized spacial score (nSPS) is 10.2. The minimum atomic E-state index is -0.183. The molecular weight excluding hydrogens is 302 g/mol. The monoisotopic (exact) mass is 311 g/mol. The van der Waals surface area contributed by atoms with E-state index in [0.717, 1.165) is 9.88 Å². The first-order valence-corrected chi connectivity index (χ1v) is 6.58. The lowest BCUT2D eigenvalue weighted by Gasteiger charge is -2.02. The molecular formula is C11H10BrN3OS. The van der Waals surface area contributed by atoms with E-state index in [9.17, 15) is 4.79 Å². The molecule has 0 saturated carbocycles. The van der Waals surface area contributed by atoms with E-state index in [-0.39, 0.29) is 5.91 Å². The van der Waals surface area contributed by atoms with Crippen LogP contribution in [0.5, 0.6) is 0 Å². The largest absolute Gasteiger partial charge is 0.346 e. The first-order chi connectivity index (χ1) is 8.15. The highest BCUT2D eigenvalue weighted by molar-refractivity contribution is 9.10. The van der Waals surface area contributed by atoms with Crippen molar-refractivity contribution < 1.29 is 4.79 Å². The molecule has 2 heterocycles. The average Bonchev–Trinajstić information content (AvgIpc) is 2.72. The number of amides is 1.